The molecule has 1 aromatic heterocycles. The van der Waals surface area contributed by atoms with E-state index in [9.17, 15) is 9.90 Å². The fourth-order valence-electron chi connectivity index (χ4n) is 2.60. The second kappa shape index (κ2) is 8.34. The normalized spacial score (nSPS) is 13.4. The Morgan fingerprint density at radius 2 is 1.96 bits per heavy atom. The molecule has 6 nitrogen and oxygen atoms in total. The fraction of sp³-hybridized carbons (Fsp3) is 0.765. The first-order valence-corrected chi connectivity index (χ1v) is 8.33. The highest BCUT2D eigenvalue weighted by Crippen LogP contribution is 2.24. The molecule has 0 aliphatic rings. The van der Waals surface area contributed by atoms with Gasteiger partial charge < -0.3 is 20.3 Å². The van der Waals surface area contributed by atoms with Gasteiger partial charge in [0.05, 0.1) is 12.6 Å². The van der Waals surface area contributed by atoms with Crippen molar-refractivity contribution in [2.75, 3.05) is 6.54 Å². The van der Waals surface area contributed by atoms with E-state index in [-0.39, 0.29) is 17.4 Å². The van der Waals surface area contributed by atoms with Crippen LogP contribution in [0.1, 0.15) is 47.4 Å². The number of aliphatic hydroxyl groups excluding tert-OH is 1. The molecule has 6 heteroatoms. The van der Waals surface area contributed by atoms with E-state index in [1.54, 1.807) is 6.20 Å². The molecule has 2 amide bonds. The number of hydrogen-bond donors (Lipinski definition) is 3. The number of rotatable bonds is 8. The van der Waals surface area contributed by atoms with Crippen molar-refractivity contribution in [3.05, 3.63) is 18.2 Å². The van der Waals surface area contributed by atoms with Crippen molar-refractivity contribution in [1.82, 2.24) is 20.2 Å². The number of amides is 2. The number of carbonyl (C=O) groups excluding carboxylic acids is 1. The van der Waals surface area contributed by atoms with E-state index in [4.69, 9.17) is 0 Å². The van der Waals surface area contributed by atoms with Crippen molar-refractivity contribution < 1.29 is 9.90 Å². The quantitative estimate of drug-likeness (QED) is 0.687. The maximum absolute atomic E-state index is 12.0. The minimum absolute atomic E-state index is 0.151. The van der Waals surface area contributed by atoms with E-state index in [0.717, 1.165) is 12.4 Å². The van der Waals surface area contributed by atoms with Crippen LogP contribution in [0.4, 0.5) is 4.79 Å². The lowest BCUT2D eigenvalue weighted by atomic mass is 9.81. The van der Waals surface area contributed by atoms with E-state index < -0.39 is 6.10 Å². The standard InChI is InChI=1S/C17H32N4O2/c1-12(2)10-21-8-7-18-14(21)9-19-16(23)20-11-17(5,6)15(22)13(3)4/h7-8,12-13,15,22H,9-11H2,1-6H3,(H2,19,20,23). The predicted molar refractivity (Wildman–Crippen MR) is 91.9 cm³/mol. The van der Waals surface area contributed by atoms with Crippen LogP contribution < -0.4 is 10.6 Å². The Morgan fingerprint density at radius 3 is 2.52 bits per heavy atom. The molecule has 23 heavy (non-hydrogen) atoms. The number of nitrogens with one attached hydrogen (secondary N) is 2. The predicted octanol–water partition coefficient (Wildman–Crippen LogP) is 2.38. The third-order valence-corrected chi connectivity index (χ3v) is 3.91. The first-order chi connectivity index (χ1) is 10.6. The summed E-state index contributed by atoms with van der Waals surface area (Å²) in [5.41, 5.74) is -0.373. The van der Waals surface area contributed by atoms with Gasteiger partial charge in [-0.2, -0.15) is 0 Å². The summed E-state index contributed by atoms with van der Waals surface area (Å²) in [5.74, 6) is 1.52. The summed E-state index contributed by atoms with van der Waals surface area (Å²) in [6.07, 6.45) is 3.21. The van der Waals surface area contributed by atoms with Gasteiger partial charge in [-0.05, 0) is 11.8 Å². The molecule has 1 rings (SSSR count). The van der Waals surface area contributed by atoms with Crippen molar-refractivity contribution in [1.29, 1.82) is 0 Å². The minimum Gasteiger partial charge on any atom is -0.392 e. The number of aromatic nitrogens is 2. The molecule has 0 saturated heterocycles. The van der Waals surface area contributed by atoms with Gasteiger partial charge in [-0.3, -0.25) is 0 Å². The van der Waals surface area contributed by atoms with Gasteiger partial charge in [0, 0.05) is 30.9 Å². The maximum atomic E-state index is 12.0. The molecule has 1 atom stereocenters. The van der Waals surface area contributed by atoms with Crippen LogP contribution >= 0.6 is 0 Å². The highest BCUT2D eigenvalue weighted by molar-refractivity contribution is 5.73. The monoisotopic (exact) mass is 324 g/mol. The number of carbonyl (C=O) groups is 1. The van der Waals surface area contributed by atoms with Crippen LogP contribution in [0.15, 0.2) is 12.4 Å². The summed E-state index contributed by atoms with van der Waals surface area (Å²) in [7, 11) is 0. The van der Waals surface area contributed by atoms with E-state index >= 15 is 0 Å². The lowest BCUT2D eigenvalue weighted by Crippen LogP contribution is -2.46. The molecule has 0 radical (unpaired) electrons. The first kappa shape index (κ1) is 19.5. The van der Waals surface area contributed by atoms with Crippen LogP contribution in [-0.2, 0) is 13.1 Å². The number of aliphatic hydroxyl groups is 1. The second-order valence-electron chi connectivity index (χ2n) is 7.60. The Bertz CT molecular complexity index is 495. The van der Waals surface area contributed by atoms with E-state index in [1.807, 2.05) is 33.9 Å². The molecule has 0 aliphatic heterocycles. The summed E-state index contributed by atoms with van der Waals surface area (Å²) in [6.45, 7) is 13.8. The Morgan fingerprint density at radius 1 is 1.30 bits per heavy atom. The lowest BCUT2D eigenvalue weighted by molar-refractivity contribution is 0.0151. The Balaban J connectivity index is 2.45. The van der Waals surface area contributed by atoms with Crippen molar-refractivity contribution >= 4 is 6.03 Å². The lowest BCUT2D eigenvalue weighted by Gasteiger charge is -2.33. The zero-order valence-corrected chi connectivity index (χ0v) is 15.3. The molecule has 1 unspecified atom stereocenters. The number of hydrogen-bond acceptors (Lipinski definition) is 3. The van der Waals surface area contributed by atoms with E-state index in [0.29, 0.717) is 19.0 Å². The summed E-state index contributed by atoms with van der Waals surface area (Å²) < 4.78 is 2.05. The highest BCUT2D eigenvalue weighted by Gasteiger charge is 2.30. The van der Waals surface area contributed by atoms with Gasteiger partial charge in [-0.1, -0.05) is 41.5 Å². The molecule has 3 N–H and O–H groups in total. The molecule has 0 aliphatic carbocycles. The third-order valence-electron chi connectivity index (χ3n) is 3.91. The van der Waals surface area contributed by atoms with Crippen molar-refractivity contribution in [2.45, 2.75) is 60.7 Å². The largest absolute Gasteiger partial charge is 0.392 e. The van der Waals surface area contributed by atoms with Crippen LogP contribution in [0.3, 0.4) is 0 Å². The van der Waals surface area contributed by atoms with E-state index in [2.05, 4.69) is 34.0 Å². The van der Waals surface area contributed by atoms with Gasteiger partial charge in [-0.15, -0.1) is 0 Å². The summed E-state index contributed by atoms with van der Waals surface area (Å²) in [4.78, 5) is 16.3. The molecule has 1 heterocycles. The highest BCUT2D eigenvalue weighted by atomic mass is 16.3. The van der Waals surface area contributed by atoms with Crippen LogP contribution in [0.25, 0.3) is 0 Å². The third kappa shape index (κ3) is 6.22. The average Bonchev–Trinajstić information content (AvgIpc) is 2.88. The van der Waals surface area contributed by atoms with Crippen molar-refractivity contribution in [2.24, 2.45) is 17.3 Å². The number of nitrogens with zero attached hydrogens (tertiary/aromatic N) is 2. The topological polar surface area (TPSA) is 79.2 Å². The van der Waals surface area contributed by atoms with Crippen LogP contribution in [-0.4, -0.2) is 33.3 Å². The second-order valence-corrected chi connectivity index (χ2v) is 7.60. The molecule has 0 aromatic carbocycles. The minimum atomic E-state index is -0.465. The zero-order valence-electron chi connectivity index (χ0n) is 15.3. The summed E-state index contributed by atoms with van der Waals surface area (Å²) in [6, 6.07) is -0.242. The van der Waals surface area contributed by atoms with Crippen molar-refractivity contribution in [3.63, 3.8) is 0 Å². The van der Waals surface area contributed by atoms with Gasteiger partial charge in [0.25, 0.3) is 0 Å². The van der Waals surface area contributed by atoms with Gasteiger partial charge in [-0.25, -0.2) is 9.78 Å². The van der Waals surface area contributed by atoms with Gasteiger partial charge in [0.15, 0.2) is 0 Å². The number of imidazole rings is 1. The van der Waals surface area contributed by atoms with Gasteiger partial charge >= 0.3 is 6.03 Å². The molecular formula is C17H32N4O2. The Hall–Kier alpha value is -1.56. The van der Waals surface area contributed by atoms with Crippen LogP contribution in [0.5, 0.6) is 0 Å². The molecule has 132 valence electrons. The average molecular weight is 324 g/mol. The summed E-state index contributed by atoms with van der Waals surface area (Å²) >= 11 is 0. The van der Waals surface area contributed by atoms with Crippen LogP contribution in [0, 0.1) is 17.3 Å². The summed E-state index contributed by atoms with van der Waals surface area (Å²) in [5, 5.41) is 15.8. The number of urea groups is 1. The smallest absolute Gasteiger partial charge is 0.315 e. The molecule has 0 spiro atoms. The van der Waals surface area contributed by atoms with E-state index in [1.165, 1.54) is 0 Å². The molecule has 0 bridgehead atoms. The Kier molecular flexibility index (Phi) is 7.06. The van der Waals surface area contributed by atoms with Gasteiger partial charge in [0.2, 0.25) is 0 Å². The maximum Gasteiger partial charge on any atom is 0.315 e. The van der Waals surface area contributed by atoms with Crippen molar-refractivity contribution in [3.8, 4) is 0 Å². The Labute approximate surface area is 139 Å². The molecule has 0 saturated carbocycles. The van der Waals surface area contributed by atoms with Gasteiger partial charge in [0.1, 0.15) is 5.82 Å². The molecule has 0 fully saturated rings. The SMILES string of the molecule is CC(C)Cn1ccnc1CNC(=O)NCC(C)(C)C(O)C(C)C. The first-order valence-electron chi connectivity index (χ1n) is 8.33. The fourth-order valence-corrected chi connectivity index (χ4v) is 2.60. The van der Waals surface area contributed by atoms with Crippen LogP contribution in [0.2, 0.25) is 0 Å². The molecular weight excluding hydrogens is 292 g/mol. The molecule has 1 aromatic rings. The zero-order chi connectivity index (χ0) is 17.6.